The number of halogens is 1. The second-order valence-corrected chi connectivity index (χ2v) is 15.1. The van der Waals surface area contributed by atoms with E-state index < -0.39 is 15.3 Å². The molecule has 2 aliphatic heterocycles. The molecule has 14 nitrogen and oxygen atoms in total. The van der Waals surface area contributed by atoms with Crippen molar-refractivity contribution < 1.29 is 37.0 Å². The number of carbonyl (C=O) groups excluding carboxylic acids is 2. The predicted octanol–water partition coefficient (Wildman–Crippen LogP) is 1.95. The van der Waals surface area contributed by atoms with E-state index in [1.165, 1.54) is 0 Å². The summed E-state index contributed by atoms with van der Waals surface area (Å²) >= 11 is 6.30. The van der Waals surface area contributed by atoms with Crippen LogP contribution in [0.1, 0.15) is 30.7 Å². The number of terminal acetylenes is 1. The Balaban J connectivity index is 1.15. The minimum absolute atomic E-state index is 0.0432. The van der Waals surface area contributed by atoms with Crippen molar-refractivity contribution in [1.82, 2.24) is 19.4 Å². The second kappa shape index (κ2) is 18.2. The van der Waals surface area contributed by atoms with Crippen molar-refractivity contribution in [1.29, 1.82) is 0 Å². The summed E-state index contributed by atoms with van der Waals surface area (Å²) in [7, 11) is -3.40. The number of likely N-dealkylation sites (tertiary alicyclic amines) is 1. The van der Waals surface area contributed by atoms with E-state index in [0.717, 1.165) is 11.1 Å². The van der Waals surface area contributed by atoms with Gasteiger partial charge < -0.3 is 39.0 Å². The molecular formula is C35H45ClN6O8S. The Morgan fingerprint density at radius 3 is 2.37 bits per heavy atom. The molecule has 2 aromatic heterocycles. The van der Waals surface area contributed by atoms with E-state index in [2.05, 4.69) is 10.9 Å². The maximum Gasteiger partial charge on any atom is 0.238 e. The van der Waals surface area contributed by atoms with Gasteiger partial charge >= 0.3 is 0 Å². The number of benzene rings is 1. The Hall–Kier alpha value is -3.62. The van der Waals surface area contributed by atoms with Crippen molar-refractivity contribution in [2.75, 3.05) is 88.9 Å². The molecule has 16 heteroatoms. The van der Waals surface area contributed by atoms with E-state index in [9.17, 15) is 18.0 Å². The summed E-state index contributed by atoms with van der Waals surface area (Å²) in [6, 6.07) is 7.26. The number of ether oxygens (including phenoxy) is 4. The Morgan fingerprint density at radius 2 is 1.69 bits per heavy atom. The number of aryl methyl sites for hydroxylation is 1. The van der Waals surface area contributed by atoms with Gasteiger partial charge in [-0.3, -0.25) is 14.6 Å². The molecule has 2 aliphatic rings. The molecule has 5 rings (SSSR count). The first-order chi connectivity index (χ1) is 24.7. The van der Waals surface area contributed by atoms with Crippen molar-refractivity contribution >= 4 is 50.0 Å². The quantitative estimate of drug-likeness (QED) is 0.133. The van der Waals surface area contributed by atoms with Gasteiger partial charge in [0.25, 0.3) is 0 Å². The lowest BCUT2D eigenvalue weighted by Crippen LogP contribution is -2.51. The van der Waals surface area contributed by atoms with E-state index in [1.54, 1.807) is 34.3 Å². The molecule has 1 aromatic carbocycles. The zero-order valence-electron chi connectivity index (χ0n) is 28.6. The smallest absolute Gasteiger partial charge is 0.238 e. The third kappa shape index (κ3) is 9.63. The highest BCUT2D eigenvalue weighted by Gasteiger charge is 2.52. The third-order valence-corrected chi connectivity index (χ3v) is 11.1. The molecule has 0 unspecified atom stereocenters. The Kier molecular flexibility index (Phi) is 13.8. The highest BCUT2D eigenvalue weighted by Crippen LogP contribution is 2.48. The SMILES string of the molecule is C#CCOCCOCCOCCOCCS(=O)(=O)CCCn1c(CN2C(=O)C3(CCN(C(=O)CN)CC3)c3ccncc32)nc2cc(Cl)ccc21. The van der Waals surface area contributed by atoms with Gasteiger partial charge in [-0.05, 0) is 49.1 Å². The minimum atomic E-state index is -3.40. The van der Waals surface area contributed by atoms with Crippen LogP contribution in [0.4, 0.5) is 5.69 Å². The number of hydrogen-bond donors (Lipinski definition) is 1. The Bertz CT molecular complexity index is 1800. The molecule has 2 N–H and O–H groups in total. The summed E-state index contributed by atoms with van der Waals surface area (Å²) in [4.78, 5) is 39.1. The van der Waals surface area contributed by atoms with Gasteiger partial charge in [-0.2, -0.15) is 0 Å². The molecule has 1 fully saturated rings. The summed E-state index contributed by atoms with van der Waals surface area (Å²) in [5, 5.41) is 0.520. The number of hydrogen-bond acceptors (Lipinski definition) is 11. The fraction of sp³-hybridized carbons (Fsp3) is 0.543. The van der Waals surface area contributed by atoms with Crippen LogP contribution in [0.2, 0.25) is 5.02 Å². The predicted molar refractivity (Wildman–Crippen MR) is 192 cm³/mol. The van der Waals surface area contributed by atoms with Crippen LogP contribution in [0.15, 0.2) is 36.7 Å². The number of piperidine rings is 1. The van der Waals surface area contributed by atoms with Gasteiger partial charge in [0.1, 0.15) is 12.4 Å². The summed E-state index contributed by atoms with van der Waals surface area (Å²) in [6.07, 6.45) is 9.78. The number of imidazole rings is 1. The number of fused-ring (bicyclic) bond motifs is 3. The number of aromatic nitrogens is 3. The standard InChI is InChI=1S/C35H45ClN6O8S/c1-2-13-47-14-15-48-16-17-49-18-19-50-20-22-51(45,46)21-3-10-41-30-5-4-27(36)23-29(30)39-32(41)26-42-31-25-38-9-6-28(31)35(34(42)44)7-11-40(12-8-35)33(43)24-37/h1,4-6,9,23,25H,3,7-8,10-22,24,26,37H2. The largest absolute Gasteiger partial charge is 0.378 e. The number of carbonyl (C=O) groups is 2. The highest BCUT2D eigenvalue weighted by atomic mass is 35.5. The van der Waals surface area contributed by atoms with E-state index in [1.807, 2.05) is 16.7 Å². The van der Waals surface area contributed by atoms with Gasteiger partial charge in [0.05, 0.1) is 99.2 Å². The van der Waals surface area contributed by atoms with Crippen LogP contribution >= 0.6 is 11.6 Å². The fourth-order valence-electron chi connectivity index (χ4n) is 6.58. The maximum atomic E-state index is 14.3. The first kappa shape index (κ1) is 38.6. The van der Waals surface area contributed by atoms with Gasteiger partial charge in [-0.25, -0.2) is 13.4 Å². The molecule has 1 spiro atoms. The number of amides is 2. The van der Waals surface area contributed by atoms with Crippen molar-refractivity contribution in [3.63, 3.8) is 0 Å². The van der Waals surface area contributed by atoms with Gasteiger partial charge in [-0.15, -0.1) is 6.42 Å². The van der Waals surface area contributed by atoms with Gasteiger partial charge in [0.15, 0.2) is 9.84 Å². The average molecular weight is 745 g/mol. The van der Waals surface area contributed by atoms with Crippen LogP contribution < -0.4 is 10.6 Å². The molecule has 0 saturated carbocycles. The van der Waals surface area contributed by atoms with Gasteiger partial charge in [0.2, 0.25) is 11.8 Å². The topological polar surface area (TPSA) is 168 Å². The van der Waals surface area contributed by atoms with Crippen LogP contribution in [0.3, 0.4) is 0 Å². The van der Waals surface area contributed by atoms with Crippen LogP contribution in [-0.2, 0) is 56.9 Å². The summed E-state index contributed by atoms with van der Waals surface area (Å²) in [5.74, 6) is 2.64. The third-order valence-electron chi connectivity index (χ3n) is 9.17. The summed E-state index contributed by atoms with van der Waals surface area (Å²) in [6.45, 7) is 3.89. The zero-order valence-corrected chi connectivity index (χ0v) is 30.2. The number of sulfone groups is 1. The molecule has 0 radical (unpaired) electrons. The molecule has 2 amide bonds. The first-order valence-electron chi connectivity index (χ1n) is 17.0. The lowest BCUT2D eigenvalue weighted by molar-refractivity contribution is -0.134. The normalized spacial score (nSPS) is 15.5. The lowest BCUT2D eigenvalue weighted by Gasteiger charge is -2.38. The number of anilines is 1. The summed E-state index contributed by atoms with van der Waals surface area (Å²) < 4.78 is 49.1. The zero-order chi connectivity index (χ0) is 36.3. The van der Waals surface area contributed by atoms with Gasteiger partial charge in [0, 0.05) is 30.9 Å². The van der Waals surface area contributed by atoms with Crippen molar-refractivity contribution in [2.45, 2.75) is 37.8 Å². The molecular weight excluding hydrogens is 700 g/mol. The first-order valence-corrected chi connectivity index (χ1v) is 19.2. The summed E-state index contributed by atoms with van der Waals surface area (Å²) in [5.41, 5.74) is 7.86. The van der Waals surface area contributed by atoms with E-state index in [-0.39, 0.29) is 56.2 Å². The number of nitrogens with two attached hydrogens (primary N) is 1. The van der Waals surface area contributed by atoms with Gasteiger partial charge in [-0.1, -0.05) is 17.5 Å². The van der Waals surface area contributed by atoms with Crippen LogP contribution in [-0.4, -0.2) is 124 Å². The molecule has 0 atom stereocenters. The molecule has 51 heavy (non-hydrogen) atoms. The maximum absolute atomic E-state index is 14.3. The van der Waals surface area contributed by atoms with Crippen LogP contribution in [0.25, 0.3) is 11.0 Å². The van der Waals surface area contributed by atoms with Crippen LogP contribution in [0, 0.1) is 12.3 Å². The fourth-order valence-corrected chi connectivity index (χ4v) is 7.89. The van der Waals surface area contributed by atoms with Crippen molar-refractivity contribution in [3.8, 4) is 12.3 Å². The monoisotopic (exact) mass is 744 g/mol. The van der Waals surface area contributed by atoms with Crippen LogP contribution in [0.5, 0.6) is 0 Å². The van der Waals surface area contributed by atoms with Crippen molar-refractivity contribution in [3.05, 3.63) is 53.1 Å². The number of pyridine rings is 1. The molecule has 1 saturated heterocycles. The minimum Gasteiger partial charge on any atom is -0.378 e. The molecule has 0 bridgehead atoms. The van der Waals surface area contributed by atoms with Crippen molar-refractivity contribution in [2.24, 2.45) is 5.73 Å². The molecule has 0 aliphatic carbocycles. The van der Waals surface area contributed by atoms with E-state index in [0.29, 0.717) is 94.0 Å². The molecule has 4 heterocycles. The van der Waals surface area contributed by atoms with E-state index >= 15 is 0 Å². The Labute approximate surface area is 303 Å². The lowest BCUT2D eigenvalue weighted by atomic mass is 9.74. The second-order valence-electron chi connectivity index (χ2n) is 12.4. The highest BCUT2D eigenvalue weighted by molar-refractivity contribution is 7.91. The number of rotatable bonds is 20. The van der Waals surface area contributed by atoms with E-state index in [4.69, 9.17) is 47.7 Å². The number of nitrogens with zero attached hydrogens (tertiary/aromatic N) is 5. The average Bonchev–Trinajstić information content (AvgIpc) is 3.57. The molecule has 276 valence electrons. The Morgan fingerprint density at radius 1 is 1.00 bits per heavy atom. The molecule has 3 aromatic rings.